The summed E-state index contributed by atoms with van der Waals surface area (Å²) >= 11 is 5.91. The Morgan fingerprint density at radius 1 is 1.45 bits per heavy atom. The van der Waals surface area contributed by atoms with Crippen LogP contribution in [0.5, 0.6) is 0 Å². The Morgan fingerprint density at radius 3 is 2.95 bits per heavy atom. The molecule has 6 heteroatoms. The average Bonchev–Trinajstić information content (AvgIpc) is 3.17. The number of halogens is 1. The molecular weight excluding hydrogens is 302 g/mol. The van der Waals surface area contributed by atoms with Gasteiger partial charge >= 0.3 is 0 Å². The van der Waals surface area contributed by atoms with Gasteiger partial charge in [-0.2, -0.15) is 0 Å². The lowest BCUT2D eigenvalue weighted by Crippen LogP contribution is -2.33. The monoisotopic (exact) mass is 319 g/mol. The molecule has 1 saturated heterocycles. The highest BCUT2D eigenvalue weighted by molar-refractivity contribution is 6.30. The van der Waals surface area contributed by atoms with E-state index in [2.05, 4.69) is 9.97 Å². The van der Waals surface area contributed by atoms with Gasteiger partial charge in [0, 0.05) is 18.7 Å². The summed E-state index contributed by atoms with van der Waals surface area (Å²) in [6.07, 6.45) is 3.70. The zero-order chi connectivity index (χ0) is 15.5. The van der Waals surface area contributed by atoms with Crippen molar-refractivity contribution in [1.82, 2.24) is 14.9 Å². The fourth-order valence-electron chi connectivity index (χ4n) is 2.84. The fourth-order valence-corrected chi connectivity index (χ4v) is 2.96. The number of ether oxygens (including phenoxy) is 1. The molecule has 116 valence electrons. The summed E-state index contributed by atoms with van der Waals surface area (Å²) in [6, 6.07) is 7.59. The molecule has 1 amide bonds. The summed E-state index contributed by atoms with van der Waals surface area (Å²) in [5, 5.41) is 0.704. The number of rotatable bonds is 4. The van der Waals surface area contributed by atoms with Crippen LogP contribution in [0.25, 0.3) is 11.3 Å². The molecule has 0 bridgehead atoms. The number of carbonyl (C=O) groups excluding carboxylic acids is 1. The third-order valence-corrected chi connectivity index (χ3v) is 4.16. The number of amides is 1. The van der Waals surface area contributed by atoms with Crippen molar-refractivity contribution < 1.29 is 9.53 Å². The average molecular weight is 320 g/mol. The maximum atomic E-state index is 12.1. The van der Waals surface area contributed by atoms with Gasteiger partial charge in [0.1, 0.15) is 12.4 Å². The minimum Gasteiger partial charge on any atom is -0.375 e. The van der Waals surface area contributed by atoms with Gasteiger partial charge in [0.15, 0.2) is 0 Å². The lowest BCUT2D eigenvalue weighted by Gasteiger charge is -2.22. The second-order valence-corrected chi connectivity index (χ2v) is 5.80. The Kier molecular flexibility index (Phi) is 4.45. The Balaban J connectivity index is 1.80. The first-order valence-corrected chi connectivity index (χ1v) is 7.66. The number of nitrogens with one attached hydrogen (secondary N) is 1. The molecule has 1 atom stereocenters. The van der Waals surface area contributed by atoms with Gasteiger partial charge in [0.2, 0.25) is 5.91 Å². The minimum atomic E-state index is 0.00343. The zero-order valence-electron chi connectivity index (χ0n) is 12.4. The van der Waals surface area contributed by atoms with Crippen molar-refractivity contribution >= 4 is 17.5 Å². The number of hydrogen-bond donors (Lipinski definition) is 1. The molecule has 0 spiro atoms. The summed E-state index contributed by atoms with van der Waals surface area (Å²) in [7, 11) is 1.54. The standard InChI is InChI=1S/C16H18ClN3O2/c1-22-10-15(21)20-8-2-3-14(20)16-18-9-13(19-16)11-4-6-12(17)7-5-11/h4-7,9,14H,2-3,8,10H2,1H3,(H,18,19)/t14-/m0/s1. The Bertz CT molecular complexity index is 654. The summed E-state index contributed by atoms with van der Waals surface area (Å²) in [5.41, 5.74) is 1.95. The highest BCUT2D eigenvalue weighted by Gasteiger charge is 2.31. The highest BCUT2D eigenvalue weighted by atomic mass is 35.5. The lowest BCUT2D eigenvalue weighted by molar-refractivity contribution is -0.136. The number of aromatic amines is 1. The van der Waals surface area contributed by atoms with Gasteiger partial charge in [-0.1, -0.05) is 23.7 Å². The molecule has 0 saturated carbocycles. The Labute approximate surface area is 134 Å². The van der Waals surface area contributed by atoms with Crippen LogP contribution >= 0.6 is 11.6 Å². The normalized spacial score (nSPS) is 17.9. The third kappa shape index (κ3) is 3.00. The molecular formula is C16H18ClN3O2. The summed E-state index contributed by atoms with van der Waals surface area (Å²) in [6.45, 7) is 0.866. The molecule has 0 radical (unpaired) electrons. The second-order valence-electron chi connectivity index (χ2n) is 5.37. The van der Waals surface area contributed by atoms with Gasteiger partial charge in [-0.3, -0.25) is 4.79 Å². The Hall–Kier alpha value is -1.85. The lowest BCUT2D eigenvalue weighted by atomic mass is 10.2. The van der Waals surface area contributed by atoms with Crippen molar-refractivity contribution in [1.29, 1.82) is 0 Å². The molecule has 2 aromatic rings. The molecule has 22 heavy (non-hydrogen) atoms. The number of H-pyrrole nitrogens is 1. The number of hydrogen-bond acceptors (Lipinski definition) is 3. The van der Waals surface area contributed by atoms with E-state index in [1.807, 2.05) is 29.2 Å². The fraction of sp³-hybridized carbons (Fsp3) is 0.375. The van der Waals surface area contributed by atoms with Crippen LogP contribution in [0.1, 0.15) is 24.7 Å². The van der Waals surface area contributed by atoms with Crippen LogP contribution in [-0.4, -0.2) is 41.0 Å². The first-order chi connectivity index (χ1) is 10.7. The maximum Gasteiger partial charge on any atom is 0.249 e. The molecule has 1 aromatic carbocycles. The summed E-state index contributed by atoms with van der Waals surface area (Å²) in [5.74, 6) is 0.835. The molecule has 1 aliphatic heterocycles. The van der Waals surface area contributed by atoms with E-state index < -0.39 is 0 Å². The maximum absolute atomic E-state index is 12.1. The van der Waals surface area contributed by atoms with Crippen LogP contribution in [0.3, 0.4) is 0 Å². The first kappa shape index (κ1) is 15.1. The predicted octanol–water partition coefficient (Wildman–Crippen LogP) is 3.04. The van der Waals surface area contributed by atoms with Crippen molar-refractivity contribution in [3.63, 3.8) is 0 Å². The quantitative estimate of drug-likeness (QED) is 0.942. The molecule has 3 rings (SSSR count). The highest BCUT2D eigenvalue weighted by Crippen LogP contribution is 2.31. The van der Waals surface area contributed by atoms with Gasteiger partial charge in [-0.05, 0) is 30.5 Å². The molecule has 2 heterocycles. The van der Waals surface area contributed by atoms with Gasteiger partial charge in [-0.15, -0.1) is 0 Å². The SMILES string of the molecule is COCC(=O)N1CCC[C@H]1c1ncc(-c2ccc(Cl)cc2)[nH]1. The number of aromatic nitrogens is 2. The van der Waals surface area contributed by atoms with Gasteiger partial charge < -0.3 is 14.6 Å². The molecule has 0 unspecified atom stereocenters. The van der Waals surface area contributed by atoms with E-state index in [0.717, 1.165) is 36.5 Å². The number of methoxy groups -OCH3 is 1. The first-order valence-electron chi connectivity index (χ1n) is 7.28. The Morgan fingerprint density at radius 2 is 2.23 bits per heavy atom. The van der Waals surface area contributed by atoms with E-state index in [1.54, 1.807) is 6.20 Å². The number of imidazole rings is 1. The minimum absolute atomic E-state index is 0.00343. The van der Waals surface area contributed by atoms with Gasteiger partial charge in [-0.25, -0.2) is 4.98 Å². The van der Waals surface area contributed by atoms with Crippen molar-refractivity contribution in [2.24, 2.45) is 0 Å². The van der Waals surface area contributed by atoms with E-state index >= 15 is 0 Å². The molecule has 1 N–H and O–H groups in total. The van der Waals surface area contributed by atoms with Crippen LogP contribution in [0.2, 0.25) is 5.02 Å². The van der Waals surface area contributed by atoms with Crippen LogP contribution in [-0.2, 0) is 9.53 Å². The molecule has 1 aliphatic rings. The topological polar surface area (TPSA) is 58.2 Å². The van der Waals surface area contributed by atoms with Crippen LogP contribution in [0.15, 0.2) is 30.5 Å². The summed E-state index contributed by atoms with van der Waals surface area (Å²) < 4.78 is 4.95. The zero-order valence-corrected chi connectivity index (χ0v) is 13.1. The van der Waals surface area contributed by atoms with E-state index in [9.17, 15) is 4.79 Å². The molecule has 1 fully saturated rings. The van der Waals surface area contributed by atoms with Crippen molar-refractivity contribution in [2.75, 3.05) is 20.3 Å². The van der Waals surface area contributed by atoms with Crippen molar-refractivity contribution in [3.05, 3.63) is 41.3 Å². The van der Waals surface area contributed by atoms with Crippen LogP contribution in [0, 0.1) is 0 Å². The number of benzene rings is 1. The largest absolute Gasteiger partial charge is 0.375 e. The van der Waals surface area contributed by atoms with Crippen LogP contribution in [0.4, 0.5) is 0 Å². The number of likely N-dealkylation sites (tertiary alicyclic amines) is 1. The molecule has 5 nitrogen and oxygen atoms in total. The smallest absolute Gasteiger partial charge is 0.249 e. The molecule has 1 aromatic heterocycles. The number of nitrogens with zero attached hydrogens (tertiary/aromatic N) is 2. The van der Waals surface area contributed by atoms with Crippen LogP contribution < -0.4 is 0 Å². The van der Waals surface area contributed by atoms with E-state index in [1.165, 1.54) is 7.11 Å². The second kappa shape index (κ2) is 6.50. The molecule has 0 aliphatic carbocycles. The van der Waals surface area contributed by atoms with E-state index in [4.69, 9.17) is 16.3 Å². The van der Waals surface area contributed by atoms with Crippen molar-refractivity contribution in [3.8, 4) is 11.3 Å². The number of carbonyl (C=O) groups is 1. The van der Waals surface area contributed by atoms with Gasteiger partial charge in [0.25, 0.3) is 0 Å². The summed E-state index contributed by atoms with van der Waals surface area (Å²) in [4.78, 5) is 21.7. The van der Waals surface area contributed by atoms with E-state index in [-0.39, 0.29) is 18.6 Å². The predicted molar refractivity (Wildman–Crippen MR) is 84.6 cm³/mol. The van der Waals surface area contributed by atoms with E-state index in [0.29, 0.717) is 5.02 Å². The van der Waals surface area contributed by atoms with Crippen molar-refractivity contribution in [2.45, 2.75) is 18.9 Å². The van der Waals surface area contributed by atoms with Gasteiger partial charge in [0.05, 0.1) is 17.9 Å². The third-order valence-electron chi connectivity index (χ3n) is 3.91.